The number of ether oxygens (including phenoxy) is 2. The number of hydrogen-bond donors (Lipinski definition) is 2. The zero-order chi connectivity index (χ0) is 26.3. The molecule has 202 valence electrons. The van der Waals surface area contributed by atoms with Gasteiger partial charge < -0.3 is 25.4 Å². The SMILES string of the molecule is C.CC(C)CN(C)C(=O)OCc1cccc2nnc([C@@H](COCc3ccccc3)NC(=O)C(C)(C)N)n12. The molecule has 0 unspecified atom stereocenters. The molecule has 3 aromatic rings. The molecule has 2 aromatic heterocycles. The van der Waals surface area contributed by atoms with Crippen molar-refractivity contribution in [3.8, 4) is 0 Å². The number of fused-ring (bicyclic) bond motifs is 1. The molecule has 10 nitrogen and oxygen atoms in total. The third-order valence-corrected chi connectivity index (χ3v) is 5.43. The number of aromatic nitrogens is 3. The predicted octanol–water partition coefficient (Wildman–Crippen LogP) is 3.70. The van der Waals surface area contributed by atoms with Crippen molar-refractivity contribution in [2.75, 3.05) is 20.2 Å². The van der Waals surface area contributed by atoms with Crippen LogP contribution in [0.2, 0.25) is 0 Å². The highest BCUT2D eigenvalue weighted by molar-refractivity contribution is 5.85. The fourth-order valence-electron chi connectivity index (χ4n) is 3.63. The lowest BCUT2D eigenvalue weighted by Crippen LogP contribution is -2.51. The van der Waals surface area contributed by atoms with Gasteiger partial charge in [0.2, 0.25) is 5.91 Å². The van der Waals surface area contributed by atoms with E-state index in [4.69, 9.17) is 15.2 Å². The Hall–Kier alpha value is -3.50. The van der Waals surface area contributed by atoms with Gasteiger partial charge in [0.1, 0.15) is 12.6 Å². The van der Waals surface area contributed by atoms with Crippen LogP contribution in [0.5, 0.6) is 0 Å². The predicted molar refractivity (Wildman–Crippen MR) is 143 cm³/mol. The molecule has 3 rings (SSSR count). The summed E-state index contributed by atoms with van der Waals surface area (Å²) in [5.74, 6) is 0.423. The summed E-state index contributed by atoms with van der Waals surface area (Å²) in [5, 5.41) is 11.5. The van der Waals surface area contributed by atoms with E-state index in [1.807, 2.05) is 56.3 Å². The maximum absolute atomic E-state index is 12.8. The Morgan fingerprint density at radius 1 is 1.08 bits per heavy atom. The molecular weight excluding hydrogens is 472 g/mol. The first-order valence-corrected chi connectivity index (χ1v) is 12.0. The van der Waals surface area contributed by atoms with Crippen molar-refractivity contribution >= 4 is 17.6 Å². The lowest BCUT2D eigenvalue weighted by molar-refractivity contribution is -0.126. The minimum atomic E-state index is -1.10. The van der Waals surface area contributed by atoms with Gasteiger partial charge in [-0.25, -0.2) is 4.79 Å². The van der Waals surface area contributed by atoms with Crippen LogP contribution < -0.4 is 11.1 Å². The molecule has 3 N–H and O–H groups in total. The maximum Gasteiger partial charge on any atom is 0.409 e. The van der Waals surface area contributed by atoms with Crippen molar-refractivity contribution in [3.63, 3.8) is 0 Å². The van der Waals surface area contributed by atoms with Crippen LogP contribution in [-0.2, 0) is 27.5 Å². The number of pyridine rings is 1. The summed E-state index contributed by atoms with van der Waals surface area (Å²) in [7, 11) is 1.71. The smallest absolute Gasteiger partial charge is 0.409 e. The molecule has 0 aliphatic carbocycles. The Labute approximate surface area is 219 Å². The van der Waals surface area contributed by atoms with Gasteiger partial charge in [-0.05, 0) is 37.5 Å². The Bertz CT molecular complexity index is 1160. The number of nitrogens with two attached hydrogens (primary N) is 1. The highest BCUT2D eigenvalue weighted by Gasteiger charge is 2.28. The summed E-state index contributed by atoms with van der Waals surface area (Å²) < 4.78 is 13.3. The van der Waals surface area contributed by atoms with Crippen molar-refractivity contribution < 1.29 is 19.1 Å². The van der Waals surface area contributed by atoms with Crippen molar-refractivity contribution in [2.24, 2.45) is 11.7 Å². The number of hydrogen-bond acceptors (Lipinski definition) is 7. The van der Waals surface area contributed by atoms with E-state index in [-0.39, 0.29) is 26.5 Å². The number of carbonyl (C=O) groups excluding carboxylic acids is 2. The second-order valence-electron chi connectivity index (χ2n) is 9.85. The van der Waals surface area contributed by atoms with E-state index in [9.17, 15) is 9.59 Å². The fourth-order valence-corrected chi connectivity index (χ4v) is 3.63. The fraction of sp³-hybridized carbons (Fsp3) is 0.481. The highest BCUT2D eigenvalue weighted by Crippen LogP contribution is 2.19. The van der Waals surface area contributed by atoms with Crippen LogP contribution in [0.4, 0.5) is 4.79 Å². The first kappa shape index (κ1) is 29.7. The van der Waals surface area contributed by atoms with Crippen LogP contribution in [0, 0.1) is 5.92 Å². The molecule has 0 radical (unpaired) electrons. The number of rotatable bonds is 11. The van der Waals surface area contributed by atoms with Gasteiger partial charge in [0, 0.05) is 13.6 Å². The van der Waals surface area contributed by atoms with Crippen LogP contribution >= 0.6 is 0 Å². The first-order valence-electron chi connectivity index (χ1n) is 12.0. The Morgan fingerprint density at radius 3 is 2.43 bits per heavy atom. The van der Waals surface area contributed by atoms with Crippen molar-refractivity contribution in [3.05, 3.63) is 65.6 Å². The van der Waals surface area contributed by atoms with Gasteiger partial charge >= 0.3 is 6.09 Å². The summed E-state index contributed by atoms with van der Waals surface area (Å²) in [6, 6.07) is 14.5. The van der Waals surface area contributed by atoms with E-state index in [1.165, 1.54) is 0 Å². The summed E-state index contributed by atoms with van der Waals surface area (Å²) in [6.45, 7) is 8.43. The molecule has 0 spiro atoms. The number of nitrogens with zero attached hydrogens (tertiary/aromatic N) is 4. The van der Waals surface area contributed by atoms with Crippen molar-refractivity contribution in [1.82, 2.24) is 24.8 Å². The Kier molecular flexibility index (Phi) is 10.6. The molecule has 2 amide bonds. The molecule has 37 heavy (non-hydrogen) atoms. The van der Waals surface area contributed by atoms with Crippen LogP contribution in [0.1, 0.15) is 58.2 Å². The Morgan fingerprint density at radius 2 is 1.78 bits per heavy atom. The molecule has 1 atom stereocenters. The molecular formula is C27H40N6O4. The largest absolute Gasteiger partial charge is 0.443 e. The summed E-state index contributed by atoms with van der Waals surface area (Å²) in [6.07, 6.45) is -0.420. The number of amides is 2. The quantitative estimate of drug-likeness (QED) is 0.401. The molecule has 0 fully saturated rings. The van der Waals surface area contributed by atoms with Crippen LogP contribution in [-0.4, -0.2) is 57.2 Å². The van der Waals surface area contributed by atoms with Gasteiger partial charge in [0.25, 0.3) is 0 Å². The Balaban J connectivity index is 0.00000481. The van der Waals surface area contributed by atoms with E-state index in [1.54, 1.807) is 36.3 Å². The number of carbonyl (C=O) groups is 2. The molecule has 0 bridgehead atoms. The van der Waals surface area contributed by atoms with E-state index in [0.29, 0.717) is 36.2 Å². The van der Waals surface area contributed by atoms with E-state index >= 15 is 0 Å². The standard InChI is InChI=1S/C26H36N6O4.CH4/c1-18(2)14-31(5)25(34)36-16-20-12-9-13-22-29-30-23(32(20)22)21(28-24(33)26(3,4)27)17-35-15-19-10-7-6-8-11-19;/h6-13,18,21H,14-17,27H2,1-5H3,(H,28,33);1H4/t21-;/m1./s1. The molecule has 0 aliphatic heterocycles. The average Bonchev–Trinajstić information content (AvgIpc) is 3.26. The lowest BCUT2D eigenvalue weighted by Gasteiger charge is -2.24. The van der Waals surface area contributed by atoms with Gasteiger partial charge in [-0.2, -0.15) is 0 Å². The minimum Gasteiger partial charge on any atom is -0.443 e. The minimum absolute atomic E-state index is 0. The van der Waals surface area contributed by atoms with E-state index in [0.717, 1.165) is 5.56 Å². The van der Waals surface area contributed by atoms with Gasteiger partial charge in [0.15, 0.2) is 11.5 Å². The third kappa shape index (κ3) is 8.26. The molecule has 0 aliphatic rings. The number of benzene rings is 1. The summed E-state index contributed by atoms with van der Waals surface area (Å²) >= 11 is 0. The zero-order valence-corrected chi connectivity index (χ0v) is 21.6. The van der Waals surface area contributed by atoms with Gasteiger partial charge in [-0.1, -0.05) is 57.7 Å². The van der Waals surface area contributed by atoms with Gasteiger partial charge in [0.05, 0.1) is 24.4 Å². The highest BCUT2D eigenvalue weighted by atomic mass is 16.6. The molecule has 10 heteroatoms. The first-order chi connectivity index (χ1) is 17.1. The maximum atomic E-state index is 12.8. The zero-order valence-electron chi connectivity index (χ0n) is 21.6. The van der Waals surface area contributed by atoms with E-state index < -0.39 is 17.7 Å². The van der Waals surface area contributed by atoms with E-state index in [2.05, 4.69) is 15.5 Å². The lowest BCUT2D eigenvalue weighted by atomic mass is 10.1. The topological polar surface area (TPSA) is 124 Å². The van der Waals surface area contributed by atoms with Crippen LogP contribution in [0.3, 0.4) is 0 Å². The molecule has 2 heterocycles. The molecule has 0 saturated carbocycles. The summed E-state index contributed by atoms with van der Waals surface area (Å²) in [5.41, 5.74) is 7.15. The molecule has 1 aromatic carbocycles. The van der Waals surface area contributed by atoms with Crippen molar-refractivity contribution in [2.45, 2.75) is 59.9 Å². The third-order valence-electron chi connectivity index (χ3n) is 5.43. The van der Waals surface area contributed by atoms with Crippen LogP contribution in [0.25, 0.3) is 5.65 Å². The van der Waals surface area contributed by atoms with Gasteiger partial charge in [-0.3, -0.25) is 9.20 Å². The van der Waals surface area contributed by atoms with Crippen LogP contribution in [0.15, 0.2) is 48.5 Å². The normalized spacial score (nSPS) is 12.2. The number of nitrogens with one attached hydrogen (secondary N) is 1. The monoisotopic (exact) mass is 512 g/mol. The van der Waals surface area contributed by atoms with Crippen molar-refractivity contribution in [1.29, 1.82) is 0 Å². The summed E-state index contributed by atoms with van der Waals surface area (Å²) in [4.78, 5) is 26.8. The molecule has 0 saturated heterocycles. The second-order valence-corrected chi connectivity index (χ2v) is 9.85. The second kappa shape index (κ2) is 13.2. The average molecular weight is 513 g/mol. The van der Waals surface area contributed by atoms with Gasteiger partial charge in [-0.15, -0.1) is 10.2 Å².